The van der Waals surface area contributed by atoms with Crippen molar-refractivity contribution in [2.24, 2.45) is 0 Å². The second-order valence-electron chi connectivity index (χ2n) is 4.53. The molecule has 20 heavy (non-hydrogen) atoms. The van der Waals surface area contributed by atoms with Gasteiger partial charge in [0.1, 0.15) is 10.4 Å². The Bertz CT molecular complexity index is 575. The van der Waals surface area contributed by atoms with Crippen LogP contribution in [0.2, 0.25) is 0 Å². The zero-order chi connectivity index (χ0) is 14.8. The molecule has 6 heteroatoms. The van der Waals surface area contributed by atoms with Crippen LogP contribution < -0.4 is 5.32 Å². The molecule has 0 saturated heterocycles. The van der Waals surface area contributed by atoms with Crippen molar-refractivity contribution < 1.29 is 13.9 Å². The van der Waals surface area contributed by atoms with Gasteiger partial charge < -0.3 is 14.8 Å². The van der Waals surface area contributed by atoms with Crippen LogP contribution in [-0.4, -0.2) is 29.1 Å². The van der Waals surface area contributed by atoms with Crippen LogP contribution in [0.25, 0.3) is 11.0 Å². The highest BCUT2D eigenvalue weighted by Gasteiger charge is 2.46. The van der Waals surface area contributed by atoms with E-state index in [9.17, 15) is 5.11 Å². The summed E-state index contributed by atoms with van der Waals surface area (Å²) in [5.74, 6) is 0. The van der Waals surface area contributed by atoms with E-state index in [1.54, 1.807) is 24.3 Å². The first kappa shape index (κ1) is 15.6. The van der Waals surface area contributed by atoms with Crippen molar-refractivity contribution >= 4 is 34.2 Å². The number of alkyl halides is 3. The van der Waals surface area contributed by atoms with Crippen LogP contribution in [0, 0.1) is 0 Å². The lowest BCUT2D eigenvalue weighted by atomic mass is 9.89. The average Bonchev–Trinajstić information content (AvgIpc) is 2.90. The van der Waals surface area contributed by atoms with E-state index in [1.165, 1.54) is 6.26 Å². The number of aliphatic hydroxyl groups excluding tert-OH is 1. The van der Waals surface area contributed by atoms with Crippen LogP contribution in [0.15, 0.2) is 34.9 Å². The molecule has 0 aliphatic rings. The molecule has 0 amide bonds. The SMILES string of the molecule is CCNC(CO)C(F)(c1ccc2occc2c1)C(Cl)Cl. The van der Waals surface area contributed by atoms with Gasteiger partial charge in [0.15, 0.2) is 5.67 Å². The van der Waals surface area contributed by atoms with Gasteiger partial charge >= 0.3 is 0 Å². The summed E-state index contributed by atoms with van der Waals surface area (Å²) in [4.78, 5) is -1.32. The number of fused-ring (bicyclic) bond motifs is 1. The molecule has 2 rings (SSSR count). The molecule has 3 nitrogen and oxygen atoms in total. The number of benzene rings is 1. The summed E-state index contributed by atoms with van der Waals surface area (Å²) in [5.41, 5.74) is -1.14. The lowest BCUT2D eigenvalue weighted by molar-refractivity contribution is 0.0767. The first-order valence-electron chi connectivity index (χ1n) is 6.33. The molecular formula is C14H16Cl2FNO2. The first-order chi connectivity index (χ1) is 9.53. The lowest BCUT2D eigenvalue weighted by Gasteiger charge is -2.34. The Kier molecular flexibility index (Phi) is 4.91. The van der Waals surface area contributed by atoms with Gasteiger partial charge in [-0.2, -0.15) is 0 Å². The fourth-order valence-corrected chi connectivity index (χ4v) is 2.83. The van der Waals surface area contributed by atoms with Gasteiger partial charge in [-0.1, -0.05) is 13.0 Å². The molecule has 0 aliphatic heterocycles. The van der Waals surface area contributed by atoms with Crippen molar-refractivity contribution in [2.75, 3.05) is 13.2 Å². The monoisotopic (exact) mass is 319 g/mol. The predicted molar refractivity (Wildman–Crippen MR) is 79.0 cm³/mol. The Labute approximate surface area is 126 Å². The maximum Gasteiger partial charge on any atom is 0.183 e. The van der Waals surface area contributed by atoms with Crippen LogP contribution in [0.3, 0.4) is 0 Å². The molecule has 2 N–H and O–H groups in total. The number of hydrogen-bond acceptors (Lipinski definition) is 3. The standard InChI is InChI=1S/C14H16Cl2FNO2/c1-2-18-12(8-19)14(17,13(15)16)10-3-4-11-9(7-10)5-6-20-11/h3-7,12-13,18-19H,2,8H2,1H3. The van der Waals surface area contributed by atoms with E-state index in [4.69, 9.17) is 27.6 Å². The molecule has 1 heterocycles. The number of nitrogens with one attached hydrogen (secondary N) is 1. The Morgan fingerprint density at radius 1 is 1.40 bits per heavy atom. The van der Waals surface area contributed by atoms with E-state index < -0.39 is 23.2 Å². The highest BCUT2D eigenvalue weighted by Crippen LogP contribution is 2.40. The molecule has 0 aliphatic carbocycles. The van der Waals surface area contributed by atoms with Crippen molar-refractivity contribution in [1.82, 2.24) is 5.32 Å². The average molecular weight is 320 g/mol. The molecule has 2 unspecified atom stereocenters. The van der Waals surface area contributed by atoms with Crippen molar-refractivity contribution in [2.45, 2.75) is 23.5 Å². The number of furan rings is 1. The van der Waals surface area contributed by atoms with E-state index in [2.05, 4.69) is 5.32 Å². The lowest BCUT2D eigenvalue weighted by Crippen LogP contribution is -2.51. The Morgan fingerprint density at radius 2 is 2.15 bits per heavy atom. The zero-order valence-electron chi connectivity index (χ0n) is 10.9. The van der Waals surface area contributed by atoms with Gasteiger partial charge in [0.2, 0.25) is 0 Å². The van der Waals surface area contributed by atoms with E-state index in [1.807, 2.05) is 6.92 Å². The van der Waals surface area contributed by atoms with Crippen LogP contribution in [0.5, 0.6) is 0 Å². The number of halogens is 3. The Balaban J connectivity index is 2.49. The molecule has 0 fully saturated rings. The van der Waals surface area contributed by atoms with E-state index in [-0.39, 0.29) is 0 Å². The quantitative estimate of drug-likeness (QED) is 0.802. The molecule has 0 radical (unpaired) electrons. The summed E-state index contributed by atoms with van der Waals surface area (Å²) in [6.07, 6.45) is 1.53. The number of likely N-dealkylation sites (N-methyl/N-ethyl adjacent to an activating group) is 1. The molecule has 2 atom stereocenters. The summed E-state index contributed by atoms with van der Waals surface area (Å²) in [6.45, 7) is 1.90. The minimum absolute atomic E-state index is 0.307. The Morgan fingerprint density at radius 3 is 2.75 bits per heavy atom. The first-order valence-corrected chi connectivity index (χ1v) is 7.20. The van der Waals surface area contributed by atoms with Gasteiger partial charge in [-0.3, -0.25) is 0 Å². The van der Waals surface area contributed by atoms with Gasteiger partial charge in [0.25, 0.3) is 0 Å². The van der Waals surface area contributed by atoms with Gasteiger partial charge in [-0.05, 0) is 30.3 Å². The number of aliphatic hydroxyl groups is 1. The van der Waals surface area contributed by atoms with Crippen molar-refractivity contribution in [3.8, 4) is 0 Å². The fraction of sp³-hybridized carbons (Fsp3) is 0.429. The molecule has 1 aromatic carbocycles. The Hall–Kier alpha value is -0.810. The topological polar surface area (TPSA) is 45.4 Å². The summed E-state index contributed by atoms with van der Waals surface area (Å²) in [6, 6.07) is 5.71. The zero-order valence-corrected chi connectivity index (χ0v) is 12.5. The van der Waals surface area contributed by atoms with E-state index in [0.717, 1.165) is 5.39 Å². The van der Waals surface area contributed by atoms with Crippen LogP contribution in [0.4, 0.5) is 4.39 Å². The van der Waals surface area contributed by atoms with E-state index in [0.29, 0.717) is 17.7 Å². The molecule has 1 aromatic heterocycles. The summed E-state index contributed by atoms with van der Waals surface area (Å²) in [7, 11) is 0. The predicted octanol–water partition coefficient (Wildman–Crippen LogP) is 3.37. The maximum atomic E-state index is 15.4. The molecule has 2 aromatic rings. The highest BCUT2D eigenvalue weighted by molar-refractivity contribution is 6.45. The maximum absolute atomic E-state index is 15.4. The summed E-state index contributed by atoms with van der Waals surface area (Å²) < 4.78 is 20.6. The van der Waals surface area contributed by atoms with Crippen LogP contribution in [0.1, 0.15) is 12.5 Å². The highest BCUT2D eigenvalue weighted by atomic mass is 35.5. The number of hydrogen-bond donors (Lipinski definition) is 2. The second-order valence-corrected chi connectivity index (χ2v) is 5.63. The van der Waals surface area contributed by atoms with Crippen LogP contribution in [-0.2, 0) is 5.67 Å². The summed E-state index contributed by atoms with van der Waals surface area (Å²) in [5, 5.41) is 13.1. The van der Waals surface area contributed by atoms with Crippen molar-refractivity contribution in [3.63, 3.8) is 0 Å². The van der Waals surface area contributed by atoms with Crippen molar-refractivity contribution in [3.05, 3.63) is 36.1 Å². The summed E-state index contributed by atoms with van der Waals surface area (Å²) >= 11 is 11.7. The minimum Gasteiger partial charge on any atom is -0.464 e. The third-order valence-corrected chi connectivity index (χ3v) is 3.99. The molecule has 0 spiro atoms. The van der Waals surface area contributed by atoms with Gasteiger partial charge in [0, 0.05) is 5.39 Å². The molecular weight excluding hydrogens is 304 g/mol. The smallest absolute Gasteiger partial charge is 0.183 e. The van der Waals surface area contributed by atoms with Crippen molar-refractivity contribution in [1.29, 1.82) is 0 Å². The number of rotatable bonds is 6. The third-order valence-electron chi connectivity index (χ3n) is 3.35. The fourth-order valence-electron chi connectivity index (χ4n) is 2.28. The van der Waals surface area contributed by atoms with Gasteiger partial charge in [-0.15, -0.1) is 23.2 Å². The third kappa shape index (κ3) is 2.66. The minimum atomic E-state index is -2.10. The van der Waals surface area contributed by atoms with Gasteiger partial charge in [0.05, 0.1) is 18.9 Å². The second kappa shape index (κ2) is 6.31. The molecule has 110 valence electrons. The normalized spacial score (nSPS) is 16.5. The van der Waals surface area contributed by atoms with Crippen LogP contribution >= 0.6 is 23.2 Å². The largest absolute Gasteiger partial charge is 0.464 e. The molecule has 0 saturated carbocycles. The van der Waals surface area contributed by atoms with E-state index >= 15 is 4.39 Å². The molecule has 0 bridgehead atoms. The van der Waals surface area contributed by atoms with Gasteiger partial charge in [-0.25, -0.2) is 4.39 Å².